The van der Waals surface area contributed by atoms with E-state index in [1.165, 1.54) is 0 Å². The second-order valence-electron chi connectivity index (χ2n) is 20.6. The van der Waals surface area contributed by atoms with E-state index in [-0.39, 0.29) is 47.7 Å². The van der Waals surface area contributed by atoms with Crippen LogP contribution in [0.5, 0.6) is 0 Å². The van der Waals surface area contributed by atoms with E-state index < -0.39 is 58.6 Å². The van der Waals surface area contributed by atoms with Gasteiger partial charge in [0.2, 0.25) is 11.6 Å². The van der Waals surface area contributed by atoms with Crippen LogP contribution in [0.1, 0.15) is 141 Å². The number of hydrogen-bond donors (Lipinski definition) is 0. The van der Waals surface area contributed by atoms with Crippen molar-refractivity contribution in [3.8, 4) is 0 Å². The lowest BCUT2D eigenvalue weighted by Crippen LogP contribution is -2.72. The van der Waals surface area contributed by atoms with Gasteiger partial charge < -0.3 is 23.7 Å². The zero-order valence-corrected chi connectivity index (χ0v) is 33.9. The molecule has 11 heteroatoms. The third-order valence-corrected chi connectivity index (χ3v) is 15.1. The molecule has 0 radical (unpaired) electrons. The molecule has 2 aliphatic carbocycles. The highest BCUT2D eigenvalue weighted by atomic mass is 17.3. The number of fused-ring (bicyclic) bond motifs is 4. The fourth-order valence-corrected chi connectivity index (χ4v) is 12.8. The van der Waals surface area contributed by atoms with Gasteiger partial charge in [0.15, 0.2) is 23.8 Å². The minimum absolute atomic E-state index is 0.0117. The Morgan fingerprint density at radius 3 is 1.65 bits per heavy atom. The summed E-state index contributed by atoms with van der Waals surface area (Å²) in [4.78, 5) is 41.6. The van der Waals surface area contributed by atoms with Crippen molar-refractivity contribution in [2.24, 2.45) is 47.3 Å². The van der Waals surface area contributed by atoms with Crippen molar-refractivity contribution in [2.45, 2.75) is 206 Å². The summed E-state index contributed by atoms with van der Waals surface area (Å²) >= 11 is 0. The van der Waals surface area contributed by atoms with Crippen LogP contribution in [0.4, 0.5) is 4.79 Å². The van der Waals surface area contributed by atoms with Crippen LogP contribution >= 0.6 is 0 Å². The topological polar surface area (TPSA) is 103 Å². The van der Waals surface area contributed by atoms with E-state index >= 15 is 0 Å². The molecule has 1 unspecified atom stereocenters. The SMILES string of the molecule is C[C@H]1[C@@H](C[C@H](OC(=O)N(C(C)(C)C)C(C)(C)C)C2O[C@@H]3O[C@]4(C)CC[C@H]5[C@H](C)CC[C@@H]([C@H]2C)[C@@]35OO4)O[C@@H]2O[C@]3(C)CC[C@H]4[C@H](C)CC[C@@H]1[C@@]24OO3. The van der Waals surface area contributed by atoms with Gasteiger partial charge in [0.05, 0.1) is 6.10 Å². The van der Waals surface area contributed by atoms with Gasteiger partial charge in [-0.15, -0.1) is 0 Å². The van der Waals surface area contributed by atoms with Gasteiger partial charge in [0.25, 0.3) is 0 Å². The largest absolute Gasteiger partial charge is 0.443 e. The Bertz CT molecular complexity index is 1370. The van der Waals surface area contributed by atoms with E-state index in [0.29, 0.717) is 18.3 Å². The number of amides is 1. The number of hydrogen-bond acceptors (Lipinski definition) is 10. The molecule has 1 amide bonds. The van der Waals surface area contributed by atoms with E-state index in [2.05, 4.69) is 69.2 Å². The summed E-state index contributed by atoms with van der Waals surface area (Å²) in [5.41, 5.74) is -2.34. The van der Waals surface area contributed by atoms with Crippen molar-refractivity contribution < 1.29 is 48.0 Å². The zero-order valence-electron chi connectivity index (χ0n) is 33.9. The van der Waals surface area contributed by atoms with Gasteiger partial charge in [-0.1, -0.05) is 27.7 Å². The minimum atomic E-state index is -0.900. The van der Waals surface area contributed by atoms with Crippen molar-refractivity contribution in [3.05, 3.63) is 0 Å². The Balaban J connectivity index is 1.15. The summed E-state index contributed by atoms with van der Waals surface area (Å²) in [6.07, 6.45) is 5.13. The minimum Gasteiger partial charge on any atom is -0.443 e. The Morgan fingerprint density at radius 2 is 1.15 bits per heavy atom. The Morgan fingerprint density at radius 1 is 0.673 bits per heavy atom. The second-order valence-corrected chi connectivity index (χ2v) is 20.6. The van der Waals surface area contributed by atoms with Gasteiger partial charge in [0, 0.05) is 42.2 Å². The van der Waals surface area contributed by atoms with Crippen LogP contribution in [-0.2, 0) is 43.2 Å². The maximum atomic E-state index is 14.6. The lowest BCUT2D eigenvalue weighted by molar-refractivity contribution is -0.573. The molecule has 2 spiro atoms. The van der Waals surface area contributed by atoms with Gasteiger partial charge in [-0.25, -0.2) is 24.3 Å². The third kappa shape index (κ3) is 5.66. The van der Waals surface area contributed by atoms with Crippen LogP contribution in [0, 0.1) is 47.3 Å². The van der Waals surface area contributed by atoms with Crippen LogP contribution in [0.3, 0.4) is 0 Å². The van der Waals surface area contributed by atoms with Crippen LogP contribution in [0.25, 0.3) is 0 Å². The molecule has 8 saturated heterocycles. The number of carbonyl (C=O) groups is 1. The third-order valence-electron chi connectivity index (χ3n) is 15.1. The first-order valence-corrected chi connectivity index (χ1v) is 20.6. The maximum Gasteiger partial charge on any atom is 0.411 e. The van der Waals surface area contributed by atoms with Crippen LogP contribution < -0.4 is 0 Å². The van der Waals surface area contributed by atoms with Gasteiger partial charge >= 0.3 is 6.09 Å². The Hall–Kier alpha value is -1.05. The van der Waals surface area contributed by atoms with Crippen molar-refractivity contribution >= 4 is 6.09 Å². The molecule has 10 aliphatic rings. The summed E-state index contributed by atoms with van der Waals surface area (Å²) in [5, 5.41) is 0. The lowest BCUT2D eigenvalue weighted by atomic mass is 9.56. The molecule has 52 heavy (non-hydrogen) atoms. The van der Waals surface area contributed by atoms with Gasteiger partial charge in [-0.05, 0) is 129 Å². The number of carbonyl (C=O) groups excluding carboxylic acids is 1. The van der Waals surface area contributed by atoms with Gasteiger partial charge in [-0.3, -0.25) is 4.90 Å². The van der Waals surface area contributed by atoms with Gasteiger partial charge in [-0.2, -0.15) is 0 Å². The monoisotopic (exact) mass is 733 g/mol. The van der Waals surface area contributed by atoms with Crippen molar-refractivity contribution in [2.75, 3.05) is 0 Å². The molecule has 296 valence electrons. The molecule has 8 aliphatic heterocycles. The van der Waals surface area contributed by atoms with E-state index in [1.54, 1.807) is 0 Å². The van der Waals surface area contributed by atoms with Crippen LogP contribution in [-0.4, -0.2) is 75.7 Å². The molecule has 17 atom stereocenters. The molecule has 2 saturated carbocycles. The number of nitrogens with zero attached hydrogens (tertiary/aromatic N) is 1. The standard InChI is InChI=1S/C41H67NO10/c1-22-13-15-28-24(3)30(44-33-40(28)26(22)17-19-38(11,47-33)49-51-40)21-31(45-35(43)42(36(5,6)7)37(8,9)10)32-25(4)29-16-14-23(2)27-18-20-39(12)48-34(46-32)41(27,29)52-50-39/h22-34H,13-21H2,1-12H3/t22-,23-,24-,25-,26+,27+,28+,29+,30-,31+,32?,33-,34-,38+,39+,40-,41-/m1/s1. The molecule has 0 aromatic heterocycles. The normalized spacial score (nSPS) is 51.8. The van der Waals surface area contributed by atoms with Crippen molar-refractivity contribution in [1.82, 2.24) is 4.90 Å². The summed E-state index contributed by atoms with van der Waals surface area (Å²) in [5.74, 6) is 0.0189. The fraction of sp³-hybridized carbons (Fsp3) is 0.976. The molecule has 0 aromatic carbocycles. The summed E-state index contributed by atoms with van der Waals surface area (Å²) in [6.45, 7) is 25.4. The first-order chi connectivity index (χ1) is 24.2. The Labute approximate surface area is 311 Å². The summed E-state index contributed by atoms with van der Waals surface area (Å²) in [6, 6.07) is 0. The van der Waals surface area contributed by atoms with E-state index in [0.717, 1.165) is 51.4 Å². The van der Waals surface area contributed by atoms with Gasteiger partial charge in [0.1, 0.15) is 12.2 Å². The first kappa shape index (κ1) is 37.9. The van der Waals surface area contributed by atoms with E-state index in [9.17, 15) is 4.79 Å². The highest BCUT2D eigenvalue weighted by Crippen LogP contribution is 2.63. The van der Waals surface area contributed by atoms with E-state index in [1.807, 2.05) is 18.7 Å². The smallest absolute Gasteiger partial charge is 0.411 e. The highest BCUT2D eigenvalue weighted by molar-refractivity contribution is 5.70. The predicted octanol–water partition coefficient (Wildman–Crippen LogP) is 8.28. The molecule has 0 aromatic rings. The summed E-state index contributed by atoms with van der Waals surface area (Å²) in [7, 11) is 0. The average Bonchev–Trinajstić information content (AvgIpc) is 3.41. The lowest BCUT2D eigenvalue weighted by Gasteiger charge is -2.62. The van der Waals surface area contributed by atoms with Crippen molar-refractivity contribution in [1.29, 1.82) is 0 Å². The average molecular weight is 734 g/mol. The van der Waals surface area contributed by atoms with E-state index in [4.69, 9.17) is 43.2 Å². The maximum absolute atomic E-state index is 14.6. The second kappa shape index (κ2) is 12.5. The molecular formula is C41H67NO10. The molecular weight excluding hydrogens is 666 g/mol. The van der Waals surface area contributed by atoms with Crippen LogP contribution in [0.15, 0.2) is 0 Å². The zero-order chi connectivity index (χ0) is 37.4. The molecule has 8 heterocycles. The van der Waals surface area contributed by atoms with Crippen molar-refractivity contribution in [3.63, 3.8) is 0 Å². The first-order valence-electron chi connectivity index (χ1n) is 20.6. The predicted molar refractivity (Wildman–Crippen MR) is 190 cm³/mol. The molecule has 4 bridgehead atoms. The van der Waals surface area contributed by atoms with Crippen LogP contribution in [0.2, 0.25) is 0 Å². The fourth-order valence-electron chi connectivity index (χ4n) is 12.8. The highest BCUT2D eigenvalue weighted by Gasteiger charge is 2.72. The number of ether oxygens (including phenoxy) is 5. The number of rotatable bonds is 4. The summed E-state index contributed by atoms with van der Waals surface area (Å²) < 4.78 is 34.6. The Kier molecular flexibility index (Phi) is 9.08. The quantitative estimate of drug-likeness (QED) is 0.262. The molecule has 10 fully saturated rings. The molecule has 10 rings (SSSR count). The molecule has 0 N–H and O–H groups in total. The molecule has 11 nitrogen and oxygen atoms in total.